The van der Waals surface area contributed by atoms with Crippen molar-refractivity contribution in [1.82, 2.24) is 5.32 Å². The van der Waals surface area contributed by atoms with Crippen LogP contribution in [0.5, 0.6) is 0 Å². The van der Waals surface area contributed by atoms with Crippen LogP contribution in [-0.2, 0) is 19.1 Å². The highest BCUT2D eigenvalue weighted by Gasteiger charge is 2.39. The molecule has 0 aliphatic carbocycles. The number of benzene rings is 1. The summed E-state index contributed by atoms with van der Waals surface area (Å²) in [5.74, 6) is -2.59. The molecule has 29 heavy (non-hydrogen) atoms. The van der Waals surface area contributed by atoms with Crippen molar-refractivity contribution >= 4 is 31.1 Å². The predicted molar refractivity (Wildman–Crippen MR) is 108 cm³/mol. The predicted octanol–water partition coefficient (Wildman–Crippen LogP) is 2.57. The third-order valence-electron chi connectivity index (χ3n) is 4.06. The van der Waals surface area contributed by atoms with E-state index >= 15 is 0 Å². The topological polar surface area (TPSA) is 132 Å². The van der Waals surface area contributed by atoms with Gasteiger partial charge in [0, 0.05) is 17.8 Å². The Labute approximate surface area is 174 Å². The van der Waals surface area contributed by atoms with Crippen LogP contribution in [0.2, 0.25) is 0 Å². The highest BCUT2D eigenvalue weighted by molar-refractivity contribution is 7.59. The van der Waals surface area contributed by atoms with Crippen LogP contribution in [0.3, 0.4) is 0 Å². The fourth-order valence-corrected chi connectivity index (χ4v) is 2.95. The monoisotopic (exact) mass is 419 g/mol. The molecule has 1 heterocycles. The van der Waals surface area contributed by atoms with Gasteiger partial charge in [0.25, 0.3) is 5.69 Å². The molecule has 9 nitrogen and oxygen atoms in total. The van der Waals surface area contributed by atoms with E-state index in [4.69, 9.17) is 9.47 Å². The van der Waals surface area contributed by atoms with E-state index in [0.717, 1.165) is 7.11 Å². The lowest BCUT2D eigenvalue weighted by molar-refractivity contribution is -0.384. The summed E-state index contributed by atoms with van der Waals surface area (Å²) in [5, 5.41) is 23.4. The molecule has 0 fully saturated rings. The molecule has 10 heteroatoms. The number of nitro groups is 1. The Bertz CT molecular complexity index is 946. The number of nitrogens with zero attached hydrogens (tertiary/aromatic N) is 2. The van der Waals surface area contributed by atoms with Gasteiger partial charge in [0.15, 0.2) is 0 Å². The van der Waals surface area contributed by atoms with Gasteiger partial charge in [-0.15, -0.1) is 0 Å². The second-order valence-corrected chi connectivity index (χ2v) is 6.29. The Hall–Kier alpha value is -3.32. The van der Waals surface area contributed by atoms with E-state index < -0.39 is 28.9 Å². The van der Waals surface area contributed by atoms with Crippen molar-refractivity contribution < 1.29 is 24.0 Å². The first-order valence-corrected chi connectivity index (χ1v) is 8.36. The normalized spacial score (nSPS) is 15.8. The highest BCUT2D eigenvalue weighted by atomic mass is 32.1. The molecule has 1 aliphatic rings. The van der Waals surface area contributed by atoms with Gasteiger partial charge in [-0.05, 0) is 26.3 Å². The van der Waals surface area contributed by atoms with Crippen LogP contribution < -0.4 is 5.32 Å². The SMILES string of the molecule is COC(=O)C1=C(C#N)NC(C)=C(C(=O)OC(C)C)[C@@H]1c1cccc([N+](=O)[O-])c1.S. The van der Waals surface area contributed by atoms with Crippen LogP contribution in [0.15, 0.2) is 46.8 Å². The number of dihydropyridines is 1. The minimum absolute atomic E-state index is 0. The number of ether oxygens (including phenoxy) is 2. The van der Waals surface area contributed by atoms with Gasteiger partial charge < -0.3 is 14.8 Å². The first-order valence-electron chi connectivity index (χ1n) is 8.36. The lowest BCUT2D eigenvalue weighted by Gasteiger charge is -2.29. The van der Waals surface area contributed by atoms with Gasteiger partial charge in [0.2, 0.25) is 0 Å². The summed E-state index contributed by atoms with van der Waals surface area (Å²) in [7, 11) is 1.14. The maximum absolute atomic E-state index is 12.8. The second-order valence-electron chi connectivity index (χ2n) is 6.29. The third kappa shape index (κ3) is 4.94. The molecule has 0 unspecified atom stereocenters. The molecule has 0 amide bonds. The van der Waals surface area contributed by atoms with E-state index in [9.17, 15) is 25.0 Å². The number of allylic oxidation sites excluding steroid dienone is 2. The maximum atomic E-state index is 12.8. The summed E-state index contributed by atoms with van der Waals surface area (Å²) in [6.45, 7) is 4.90. The van der Waals surface area contributed by atoms with Crippen molar-refractivity contribution in [2.75, 3.05) is 7.11 Å². The van der Waals surface area contributed by atoms with Gasteiger partial charge in [-0.2, -0.15) is 18.8 Å². The number of carbonyl (C=O) groups is 2. The number of non-ortho nitro benzene ring substituents is 1. The van der Waals surface area contributed by atoms with E-state index in [1.165, 1.54) is 24.3 Å². The molecular weight excluding hydrogens is 398 g/mol. The van der Waals surface area contributed by atoms with E-state index in [2.05, 4.69) is 5.32 Å². The molecule has 154 valence electrons. The Morgan fingerprint density at radius 2 is 1.93 bits per heavy atom. The molecule has 0 aromatic heterocycles. The first-order chi connectivity index (χ1) is 13.2. The molecule has 1 aliphatic heterocycles. The number of carbonyl (C=O) groups excluding carboxylic acids is 2. The van der Waals surface area contributed by atoms with Gasteiger partial charge >= 0.3 is 11.9 Å². The quantitative estimate of drug-likeness (QED) is 0.437. The van der Waals surface area contributed by atoms with E-state index in [1.54, 1.807) is 20.8 Å². The van der Waals surface area contributed by atoms with E-state index in [1.807, 2.05) is 6.07 Å². The minimum atomic E-state index is -1.06. The molecular formula is C19H21N3O6S. The molecule has 0 spiro atoms. The molecule has 0 bridgehead atoms. The zero-order valence-electron chi connectivity index (χ0n) is 16.3. The van der Waals surface area contributed by atoms with Crippen molar-refractivity contribution in [2.45, 2.75) is 32.8 Å². The average molecular weight is 419 g/mol. The number of rotatable bonds is 5. The molecule has 1 atom stereocenters. The van der Waals surface area contributed by atoms with Gasteiger partial charge in [-0.1, -0.05) is 12.1 Å². The van der Waals surface area contributed by atoms with Crippen molar-refractivity contribution in [1.29, 1.82) is 5.26 Å². The molecule has 2 rings (SSSR count). The summed E-state index contributed by atoms with van der Waals surface area (Å²) in [6.07, 6.45) is -0.429. The van der Waals surface area contributed by atoms with E-state index in [-0.39, 0.29) is 36.0 Å². The number of hydrogen-bond acceptors (Lipinski definition) is 8. The van der Waals surface area contributed by atoms with Crippen LogP contribution in [0.1, 0.15) is 32.3 Å². The number of nitriles is 1. The van der Waals surface area contributed by atoms with Crippen molar-refractivity contribution in [3.63, 3.8) is 0 Å². The number of nitro benzene ring substituents is 1. The zero-order chi connectivity index (χ0) is 21.0. The largest absolute Gasteiger partial charge is 0.466 e. The third-order valence-corrected chi connectivity index (χ3v) is 4.06. The zero-order valence-corrected chi connectivity index (χ0v) is 17.3. The van der Waals surface area contributed by atoms with Crippen molar-refractivity contribution in [2.24, 2.45) is 0 Å². The van der Waals surface area contributed by atoms with Crippen LogP contribution >= 0.6 is 13.5 Å². The molecule has 0 saturated carbocycles. The number of methoxy groups -OCH3 is 1. The van der Waals surface area contributed by atoms with Crippen molar-refractivity contribution in [3.8, 4) is 6.07 Å². The Morgan fingerprint density at radius 1 is 1.28 bits per heavy atom. The Kier molecular flexibility index (Phi) is 7.97. The van der Waals surface area contributed by atoms with E-state index in [0.29, 0.717) is 11.3 Å². The highest BCUT2D eigenvalue weighted by Crippen LogP contribution is 2.40. The van der Waals surface area contributed by atoms with Crippen LogP contribution in [0.25, 0.3) is 0 Å². The Morgan fingerprint density at radius 3 is 2.45 bits per heavy atom. The summed E-state index contributed by atoms with van der Waals surface area (Å²) < 4.78 is 10.1. The van der Waals surface area contributed by atoms with Gasteiger partial charge in [-0.3, -0.25) is 10.1 Å². The molecule has 0 saturated heterocycles. The molecule has 1 aromatic rings. The fourth-order valence-electron chi connectivity index (χ4n) is 2.95. The van der Waals surface area contributed by atoms with Gasteiger partial charge in [-0.25, -0.2) is 9.59 Å². The fraction of sp³-hybridized carbons (Fsp3) is 0.316. The number of nitrogens with one attached hydrogen (secondary N) is 1. The standard InChI is InChI=1S/C19H19N3O6.H2S/c1-10(2)28-19(24)15-11(3)21-14(9-20)17(18(23)27-4)16(15)12-6-5-7-13(8-12)22(25)26;/h5-8,10,16,21H,1-4H3;1H2/t16-;/m0./s1. The molecule has 1 aromatic carbocycles. The first kappa shape index (κ1) is 23.7. The number of hydrogen-bond donors (Lipinski definition) is 1. The summed E-state index contributed by atoms with van der Waals surface area (Å²) in [6, 6.07) is 7.41. The maximum Gasteiger partial charge on any atom is 0.337 e. The molecule has 1 N–H and O–H groups in total. The smallest absolute Gasteiger partial charge is 0.337 e. The lowest BCUT2D eigenvalue weighted by atomic mass is 9.80. The lowest BCUT2D eigenvalue weighted by Crippen LogP contribution is -2.33. The summed E-state index contributed by atoms with van der Waals surface area (Å²) in [5.41, 5.74) is 0.251. The van der Waals surface area contributed by atoms with Gasteiger partial charge in [0.1, 0.15) is 11.8 Å². The summed E-state index contributed by atoms with van der Waals surface area (Å²) >= 11 is 0. The van der Waals surface area contributed by atoms with Crippen molar-refractivity contribution in [3.05, 3.63) is 62.5 Å². The Balaban J connectivity index is 0.00000420. The van der Waals surface area contributed by atoms with Crippen LogP contribution in [0, 0.1) is 21.4 Å². The van der Waals surface area contributed by atoms with Crippen LogP contribution in [0.4, 0.5) is 5.69 Å². The average Bonchev–Trinajstić information content (AvgIpc) is 2.65. The van der Waals surface area contributed by atoms with Crippen LogP contribution in [-0.4, -0.2) is 30.1 Å². The number of esters is 2. The van der Waals surface area contributed by atoms with Gasteiger partial charge in [0.05, 0.1) is 35.2 Å². The minimum Gasteiger partial charge on any atom is -0.466 e. The summed E-state index contributed by atoms with van der Waals surface area (Å²) in [4.78, 5) is 35.8. The second kappa shape index (κ2) is 9.75. The molecule has 0 radical (unpaired) electrons.